The maximum absolute atomic E-state index is 13.0. The third-order valence-corrected chi connectivity index (χ3v) is 5.15. The highest BCUT2D eigenvalue weighted by Crippen LogP contribution is 2.30. The molecule has 0 aliphatic carbocycles. The van der Waals surface area contributed by atoms with E-state index in [9.17, 15) is 17.6 Å². The molecule has 2 heterocycles. The van der Waals surface area contributed by atoms with Crippen LogP contribution in [0.2, 0.25) is 0 Å². The van der Waals surface area contributed by atoms with Gasteiger partial charge in [-0.1, -0.05) is 0 Å². The molecule has 1 fully saturated rings. The maximum Gasteiger partial charge on any atom is 0.434 e. The topological polar surface area (TPSA) is 57.8 Å². The monoisotopic (exact) mass is 529 g/mol. The second kappa shape index (κ2) is 9.72. The zero-order valence-corrected chi connectivity index (χ0v) is 18.0. The van der Waals surface area contributed by atoms with E-state index in [-0.39, 0.29) is 36.3 Å². The minimum absolute atomic E-state index is 0. The smallest absolute Gasteiger partial charge is 0.370 e. The van der Waals surface area contributed by atoms with Crippen molar-refractivity contribution in [2.75, 3.05) is 37.6 Å². The first-order valence-corrected chi connectivity index (χ1v) is 9.28. The number of rotatable bonds is 4. The van der Waals surface area contributed by atoms with Gasteiger partial charge < -0.3 is 15.5 Å². The lowest BCUT2D eigenvalue weighted by molar-refractivity contribution is -0.140. The Morgan fingerprint density at radius 3 is 2.36 bits per heavy atom. The predicted octanol–water partition coefficient (Wildman–Crippen LogP) is 3.60. The molecule has 1 aliphatic heterocycles. The summed E-state index contributed by atoms with van der Waals surface area (Å²) in [7, 11) is 0. The summed E-state index contributed by atoms with van der Waals surface area (Å²) in [4.78, 5) is 11.9. The van der Waals surface area contributed by atoms with Gasteiger partial charge in [-0.05, 0) is 24.3 Å². The number of aliphatic imine (C=N–C) groups is 1. The largest absolute Gasteiger partial charge is 0.434 e. The van der Waals surface area contributed by atoms with Gasteiger partial charge in [0.15, 0.2) is 11.7 Å². The van der Waals surface area contributed by atoms with Gasteiger partial charge in [0, 0.05) is 50.2 Å². The van der Waals surface area contributed by atoms with Crippen molar-refractivity contribution in [3.63, 3.8) is 0 Å². The van der Waals surface area contributed by atoms with E-state index in [4.69, 9.17) is 5.73 Å². The van der Waals surface area contributed by atoms with Crippen molar-refractivity contribution in [3.05, 3.63) is 46.2 Å². The van der Waals surface area contributed by atoms with Crippen molar-refractivity contribution in [1.29, 1.82) is 0 Å². The number of thiazole rings is 1. The van der Waals surface area contributed by atoms with Crippen LogP contribution in [-0.4, -0.2) is 48.6 Å². The number of hydrogen-bond donors (Lipinski definition) is 1. The number of aromatic nitrogens is 1. The minimum atomic E-state index is -4.42. The molecular weight excluding hydrogens is 509 g/mol. The standard InChI is InChI=1S/C17H19F4N5S.HI/c18-12-1-3-13(4-2-12)25-7-9-26(10-8-25)16(22)23-6-5-15-24-14(11-27-15)17(19,20)21;/h1-4,11H,5-10H2,(H2,22,23);1H. The highest BCUT2D eigenvalue weighted by molar-refractivity contribution is 14.0. The summed E-state index contributed by atoms with van der Waals surface area (Å²) >= 11 is 0.974. The zero-order valence-electron chi connectivity index (χ0n) is 14.8. The number of halogens is 5. The molecule has 0 saturated carbocycles. The molecule has 1 aromatic heterocycles. The molecular formula is C17H20F4IN5S. The van der Waals surface area contributed by atoms with E-state index >= 15 is 0 Å². The van der Waals surface area contributed by atoms with Crippen LogP contribution in [0.4, 0.5) is 23.2 Å². The molecule has 0 radical (unpaired) electrons. The van der Waals surface area contributed by atoms with Crippen molar-refractivity contribution in [2.45, 2.75) is 12.6 Å². The molecule has 11 heteroatoms. The van der Waals surface area contributed by atoms with Crippen molar-refractivity contribution >= 4 is 47.0 Å². The number of benzene rings is 1. The predicted molar refractivity (Wildman–Crippen MR) is 113 cm³/mol. The van der Waals surface area contributed by atoms with Crippen LogP contribution in [0.25, 0.3) is 0 Å². The number of piperazine rings is 1. The Labute approximate surface area is 181 Å². The van der Waals surface area contributed by atoms with Gasteiger partial charge in [-0.15, -0.1) is 35.3 Å². The number of nitrogens with two attached hydrogens (primary N) is 1. The lowest BCUT2D eigenvalue weighted by Gasteiger charge is -2.36. The molecule has 1 aromatic carbocycles. The van der Waals surface area contributed by atoms with Crippen molar-refractivity contribution in [1.82, 2.24) is 9.88 Å². The highest BCUT2D eigenvalue weighted by atomic mass is 127. The van der Waals surface area contributed by atoms with Crippen LogP contribution in [0, 0.1) is 5.82 Å². The van der Waals surface area contributed by atoms with E-state index in [2.05, 4.69) is 14.9 Å². The fraction of sp³-hybridized carbons (Fsp3) is 0.412. The van der Waals surface area contributed by atoms with E-state index in [0.29, 0.717) is 30.5 Å². The number of guanidine groups is 1. The molecule has 0 atom stereocenters. The normalized spacial score (nSPS) is 15.5. The van der Waals surface area contributed by atoms with Crippen molar-refractivity contribution in [2.24, 2.45) is 10.7 Å². The molecule has 5 nitrogen and oxygen atoms in total. The summed E-state index contributed by atoms with van der Waals surface area (Å²) < 4.78 is 50.6. The molecule has 0 bridgehead atoms. The van der Waals surface area contributed by atoms with E-state index < -0.39 is 11.9 Å². The van der Waals surface area contributed by atoms with Crippen LogP contribution >= 0.6 is 35.3 Å². The molecule has 3 rings (SSSR count). The third-order valence-electron chi connectivity index (χ3n) is 4.24. The molecule has 1 aliphatic rings. The summed E-state index contributed by atoms with van der Waals surface area (Å²) in [5.41, 5.74) is 6.09. The molecule has 2 aromatic rings. The SMILES string of the molecule is I.NC(=NCCc1nc(C(F)(F)F)cs1)N1CCN(c2ccc(F)cc2)CC1. The Morgan fingerprint density at radius 1 is 1.14 bits per heavy atom. The molecule has 2 N–H and O–H groups in total. The van der Waals surface area contributed by atoms with Crippen LogP contribution in [-0.2, 0) is 12.6 Å². The van der Waals surface area contributed by atoms with Gasteiger partial charge in [0.25, 0.3) is 0 Å². The number of anilines is 1. The quantitative estimate of drug-likeness (QED) is 0.285. The van der Waals surface area contributed by atoms with Gasteiger partial charge in [-0.3, -0.25) is 4.99 Å². The fourth-order valence-corrected chi connectivity index (χ4v) is 3.56. The summed E-state index contributed by atoms with van der Waals surface area (Å²) in [6, 6.07) is 6.35. The minimum Gasteiger partial charge on any atom is -0.370 e. The average molecular weight is 529 g/mol. The van der Waals surface area contributed by atoms with E-state index in [0.717, 1.165) is 35.5 Å². The van der Waals surface area contributed by atoms with Gasteiger partial charge in [-0.25, -0.2) is 9.37 Å². The number of nitrogens with zero attached hydrogens (tertiary/aromatic N) is 4. The Kier molecular flexibility index (Phi) is 7.87. The average Bonchev–Trinajstić information content (AvgIpc) is 3.12. The fourth-order valence-electron chi connectivity index (χ4n) is 2.77. The van der Waals surface area contributed by atoms with E-state index in [1.165, 1.54) is 12.1 Å². The lowest BCUT2D eigenvalue weighted by atomic mass is 10.2. The molecule has 28 heavy (non-hydrogen) atoms. The van der Waals surface area contributed by atoms with E-state index in [1.807, 2.05) is 4.90 Å². The summed E-state index contributed by atoms with van der Waals surface area (Å²) in [6.07, 6.45) is -4.10. The molecule has 1 saturated heterocycles. The Morgan fingerprint density at radius 2 is 1.79 bits per heavy atom. The van der Waals surface area contributed by atoms with Gasteiger partial charge in [0.2, 0.25) is 0 Å². The molecule has 0 unspecified atom stereocenters. The van der Waals surface area contributed by atoms with Gasteiger partial charge in [-0.2, -0.15) is 13.2 Å². The Hall–Kier alpha value is -1.63. The van der Waals surface area contributed by atoms with Crippen LogP contribution < -0.4 is 10.6 Å². The van der Waals surface area contributed by atoms with Gasteiger partial charge in [0.05, 0.1) is 5.01 Å². The summed E-state index contributed by atoms with van der Waals surface area (Å²) in [5.74, 6) is 0.109. The second-order valence-corrected chi connectivity index (χ2v) is 7.01. The first-order valence-electron chi connectivity index (χ1n) is 8.40. The first kappa shape index (κ1) is 22.7. The maximum atomic E-state index is 13.0. The zero-order chi connectivity index (χ0) is 19.4. The van der Waals surface area contributed by atoms with Crippen molar-refractivity contribution < 1.29 is 17.6 Å². The summed E-state index contributed by atoms with van der Waals surface area (Å²) in [5, 5.41) is 1.40. The molecule has 0 amide bonds. The Balaban J connectivity index is 0.00000280. The first-order chi connectivity index (χ1) is 12.8. The molecule has 0 spiro atoms. The highest BCUT2D eigenvalue weighted by Gasteiger charge is 2.33. The van der Waals surface area contributed by atoms with Crippen LogP contribution in [0.5, 0.6) is 0 Å². The Bertz CT molecular complexity index is 786. The summed E-state index contributed by atoms with van der Waals surface area (Å²) in [6.45, 7) is 3.08. The lowest BCUT2D eigenvalue weighted by Crippen LogP contribution is -2.51. The number of alkyl halides is 3. The molecule has 154 valence electrons. The number of hydrogen-bond acceptors (Lipinski definition) is 4. The van der Waals surface area contributed by atoms with Crippen LogP contribution in [0.1, 0.15) is 10.7 Å². The van der Waals surface area contributed by atoms with Gasteiger partial charge in [0.1, 0.15) is 5.82 Å². The van der Waals surface area contributed by atoms with Crippen molar-refractivity contribution in [3.8, 4) is 0 Å². The second-order valence-electron chi connectivity index (χ2n) is 6.06. The van der Waals surface area contributed by atoms with E-state index in [1.54, 1.807) is 12.1 Å². The van der Waals surface area contributed by atoms with Crippen LogP contribution in [0.3, 0.4) is 0 Å². The van der Waals surface area contributed by atoms with Crippen LogP contribution in [0.15, 0.2) is 34.6 Å². The third kappa shape index (κ3) is 5.93. The van der Waals surface area contributed by atoms with Gasteiger partial charge >= 0.3 is 6.18 Å².